The molecule has 4 nitrogen and oxygen atoms in total. The second-order valence-corrected chi connectivity index (χ2v) is 7.67. The summed E-state index contributed by atoms with van der Waals surface area (Å²) in [7, 11) is -4.14. The van der Waals surface area contributed by atoms with Gasteiger partial charge in [-0.05, 0) is 35.7 Å². The smallest absolute Gasteiger partial charge is 0.223 e. The van der Waals surface area contributed by atoms with Crippen LogP contribution in [0.2, 0.25) is 0 Å². The highest BCUT2D eigenvalue weighted by Crippen LogP contribution is 2.40. The molecule has 2 aromatic rings. The Morgan fingerprint density at radius 1 is 1.12 bits per heavy atom. The lowest BCUT2D eigenvalue weighted by Gasteiger charge is -2.28. The van der Waals surface area contributed by atoms with Crippen molar-refractivity contribution in [3.63, 3.8) is 0 Å². The predicted octanol–water partition coefficient (Wildman–Crippen LogP) is 4.24. The molecule has 1 aliphatic rings. The molecule has 0 unspecified atom stereocenters. The highest BCUT2D eigenvalue weighted by atomic mass is 32.2. The minimum atomic E-state index is -4.14. The number of nitriles is 1. The Bertz CT molecular complexity index is 971. The van der Waals surface area contributed by atoms with E-state index >= 15 is 0 Å². The molecule has 0 bridgehead atoms. The van der Waals surface area contributed by atoms with Crippen LogP contribution < -0.4 is 4.90 Å². The molecule has 6 heteroatoms. The summed E-state index contributed by atoms with van der Waals surface area (Å²) < 4.78 is 39.0. The second-order valence-electron chi connectivity index (χ2n) is 5.81. The molecule has 0 fully saturated rings. The molecule has 1 aliphatic heterocycles. The first kappa shape index (κ1) is 16.2. The van der Waals surface area contributed by atoms with Crippen molar-refractivity contribution in [2.75, 3.05) is 4.90 Å². The fourth-order valence-electron chi connectivity index (χ4n) is 2.64. The van der Waals surface area contributed by atoms with Crippen molar-refractivity contribution < 1.29 is 12.8 Å². The van der Waals surface area contributed by atoms with Gasteiger partial charge in [0.05, 0.1) is 5.69 Å². The Balaban J connectivity index is 2.22. The van der Waals surface area contributed by atoms with Crippen molar-refractivity contribution in [2.45, 2.75) is 24.7 Å². The fourth-order valence-corrected chi connectivity index (χ4v) is 3.99. The van der Waals surface area contributed by atoms with E-state index in [0.29, 0.717) is 11.6 Å². The van der Waals surface area contributed by atoms with Crippen LogP contribution >= 0.6 is 0 Å². The zero-order chi connectivity index (χ0) is 17.5. The van der Waals surface area contributed by atoms with Crippen molar-refractivity contribution in [3.8, 4) is 6.07 Å². The minimum absolute atomic E-state index is 0.200. The number of hydrogen-bond donors (Lipinski definition) is 0. The van der Waals surface area contributed by atoms with Crippen LogP contribution in [0.1, 0.15) is 25.3 Å². The third kappa shape index (κ3) is 2.47. The van der Waals surface area contributed by atoms with Crippen LogP contribution in [0.4, 0.5) is 15.8 Å². The normalized spacial score (nSPS) is 15.6. The summed E-state index contributed by atoms with van der Waals surface area (Å²) in [4.78, 5) is 0.590. The molecule has 0 saturated heterocycles. The fraction of sp³-hybridized carbons (Fsp3) is 0.167. The number of halogens is 1. The van der Waals surface area contributed by atoms with Gasteiger partial charge in [0.15, 0.2) is 4.91 Å². The van der Waals surface area contributed by atoms with Gasteiger partial charge < -0.3 is 4.90 Å². The van der Waals surface area contributed by atoms with Crippen LogP contribution in [0.5, 0.6) is 0 Å². The standard InChI is InChI=1S/C18H15FN2O2S/c1-12(2)13-6-8-14(9-7-13)21-11-15(10-20)24(22,23)18-16(19)4-3-5-17(18)21/h3-9,11-12H,1-2H3. The molecule has 0 atom stereocenters. The highest BCUT2D eigenvalue weighted by Gasteiger charge is 2.34. The third-order valence-corrected chi connectivity index (χ3v) is 5.68. The van der Waals surface area contributed by atoms with Crippen LogP contribution in [-0.4, -0.2) is 8.42 Å². The summed E-state index contributed by atoms with van der Waals surface area (Å²) in [6, 6.07) is 13.2. The maximum Gasteiger partial charge on any atom is 0.223 e. The number of rotatable bonds is 2. The molecule has 0 saturated carbocycles. The number of hydrogen-bond acceptors (Lipinski definition) is 4. The van der Waals surface area contributed by atoms with E-state index < -0.39 is 25.5 Å². The molecule has 0 spiro atoms. The first-order chi connectivity index (χ1) is 11.4. The molecule has 24 heavy (non-hydrogen) atoms. The maximum atomic E-state index is 14.2. The summed E-state index contributed by atoms with van der Waals surface area (Å²) in [5.41, 5.74) is 1.99. The Morgan fingerprint density at radius 3 is 2.38 bits per heavy atom. The number of fused-ring (bicyclic) bond motifs is 1. The van der Waals surface area contributed by atoms with Gasteiger partial charge in [0.25, 0.3) is 0 Å². The maximum absolute atomic E-state index is 14.2. The molecule has 0 aliphatic carbocycles. The zero-order valence-electron chi connectivity index (χ0n) is 13.2. The number of sulfone groups is 1. The monoisotopic (exact) mass is 342 g/mol. The lowest BCUT2D eigenvalue weighted by Crippen LogP contribution is -2.22. The van der Waals surface area contributed by atoms with E-state index in [1.807, 2.05) is 24.3 Å². The lowest BCUT2D eigenvalue weighted by molar-refractivity contribution is 0.570. The molecule has 0 amide bonds. The van der Waals surface area contributed by atoms with Crippen LogP contribution in [-0.2, 0) is 9.84 Å². The Labute approximate surface area is 140 Å². The van der Waals surface area contributed by atoms with E-state index in [1.165, 1.54) is 23.2 Å². The number of anilines is 2. The Kier molecular flexibility index (Phi) is 3.90. The third-order valence-electron chi connectivity index (χ3n) is 3.96. The average molecular weight is 342 g/mol. The van der Waals surface area contributed by atoms with Crippen LogP contribution in [0, 0.1) is 17.1 Å². The van der Waals surface area contributed by atoms with E-state index in [0.717, 1.165) is 11.6 Å². The quantitative estimate of drug-likeness (QED) is 0.819. The van der Waals surface area contributed by atoms with E-state index in [2.05, 4.69) is 13.8 Å². The first-order valence-corrected chi connectivity index (χ1v) is 8.89. The Morgan fingerprint density at radius 2 is 1.79 bits per heavy atom. The molecule has 1 heterocycles. The van der Waals surface area contributed by atoms with Crippen LogP contribution in [0.25, 0.3) is 0 Å². The summed E-state index contributed by atoms with van der Waals surface area (Å²) in [6.45, 7) is 4.14. The average Bonchev–Trinajstić information content (AvgIpc) is 2.55. The van der Waals surface area contributed by atoms with Crippen molar-refractivity contribution in [3.05, 3.63) is 65.0 Å². The molecule has 2 aromatic carbocycles. The summed E-state index contributed by atoms with van der Waals surface area (Å²) in [5, 5.41) is 9.18. The molecule has 0 radical (unpaired) electrons. The van der Waals surface area contributed by atoms with Crippen molar-refractivity contribution in [1.29, 1.82) is 5.26 Å². The van der Waals surface area contributed by atoms with Gasteiger partial charge in [-0.2, -0.15) is 5.26 Å². The largest absolute Gasteiger partial charge is 0.314 e. The highest BCUT2D eigenvalue weighted by molar-refractivity contribution is 7.95. The van der Waals surface area contributed by atoms with Gasteiger partial charge in [0.2, 0.25) is 9.84 Å². The molecule has 0 N–H and O–H groups in total. The second kappa shape index (κ2) is 5.77. The van der Waals surface area contributed by atoms with Crippen LogP contribution in [0.3, 0.4) is 0 Å². The van der Waals surface area contributed by atoms with Gasteiger partial charge in [0, 0.05) is 11.9 Å². The van der Waals surface area contributed by atoms with Gasteiger partial charge in [0.1, 0.15) is 16.8 Å². The van der Waals surface area contributed by atoms with E-state index in [4.69, 9.17) is 0 Å². The summed E-state index contributed by atoms with van der Waals surface area (Å²) >= 11 is 0. The molecule has 122 valence electrons. The SMILES string of the molecule is CC(C)c1ccc(N2C=C(C#N)S(=O)(=O)c3c(F)cccc32)cc1. The van der Waals surface area contributed by atoms with Gasteiger partial charge in [-0.15, -0.1) is 0 Å². The molecule has 0 aromatic heterocycles. The topological polar surface area (TPSA) is 61.2 Å². The van der Waals surface area contributed by atoms with E-state index in [9.17, 15) is 18.1 Å². The van der Waals surface area contributed by atoms with Gasteiger partial charge in [-0.3, -0.25) is 0 Å². The molecular weight excluding hydrogens is 327 g/mol. The predicted molar refractivity (Wildman–Crippen MR) is 90.0 cm³/mol. The van der Waals surface area contributed by atoms with Crippen LogP contribution in [0.15, 0.2) is 58.5 Å². The number of benzene rings is 2. The minimum Gasteiger partial charge on any atom is -0.314 e. The first-order valence-electron chi connectivity index (χ1n) is 7.41. The summed E-state index contributed by atoms with van der Waals surface area (Å²) in [5.74, 6) is -0.507. The number of nitrogens with zero attached hydrogens (tertiary/aromatic N) is 2. The Hall–Kier alpha value is -2.65. The van der Waals surface area contributed by atoms with E-state index in [1.54, 1.807) is 6.07 Å². The molecular formula is C18H15FN2O2S. The van der Waals surface area contributed by atoms with Crippen molar-refractivity contribution in [2.24, 2.45) is 0 Å². The van der Waals surface area contributed by atoms with Gasteiger partial charge >= 0.3 is 0 Å². The molecule has 3 rings (SSSR count). The van der Waals surface area contributed by atoms with Crippen molar-refractivity contribution >= 4 is 21.2 Å². The number of allylic oxidation sites excluding steroid dienone is 1. The van der Waals surface area contributed by atoms with E-state index in [-0.39, 0.29) is 5.69 Å². The van der Waals surface area contributed by atoms with Gasteiger partial charge in [-0.1, -0.05) is 32.0 Å². The van der Waals surface area contributed by atoms with Gasteiger partial charge in [-0.25, -0.2) is 12.8 Å². The zero-order valence-corrected chi connectivity index (χ0v) is 14.0. The lowest BCUT2D eigenvalue weighted by atomic mass is 10.0. The van der Waals surface area contributed by atoms with Crippen molar-refractivity contribution in [1.82, 2.24) is 0 Å². The summed E-state index contributed by atoms with van der Waals surface area (Å²) in [6.07, 6.45) is 1.24.